The zero-order valence-electron chi connectivity index (χ0n) is 11.4. The number of nitrogens with zero attached hydrogens (tertiary/aromatic N) is 2. The van der Waals surface area contributed by atoms with Crippen molar-refractivity contribution in [1.82, 2.24) is 0 Å². The largest absolute Gasteiger partial charge is 0.481 e. The Balaban J connectivity index is 2.38. The molecule has 19 heavy (non-hydrogen) atoms. The van der Waals surface area contributed by atoms with E-state index in [2.05, 4.69) is 0 Å². The Morgan fingerprint density at radius 3 is 2.47 bits per heavy atom. The Morgan fingerprint density at radius 1 is 1.32 bits per heavy atom. The summed E-state index contributed by atoms with van der Waals surface area (Å²) < 4.78 is 0. The lowest BCUT2D eigenvalue weighted by Gasteiger charge is -2.38. The number of carboxylic acid groups (broad SMARTS) is 1. The summed E-state index contributed by atoms with van der Waals surface area (Å²) in [5.41, 5.74) is 0.748. The standard InChI is InChI=1S/C14H18N2O3/c1-14(2,13(18)19)9-16-11-7-5-4-6-10(11)15(3)8-12(16)17/h4-7H,8-9H2,1-3H3,(H,18,19). The van der Waals surface area contributed by atoms with Crippen LogP contribution in [0.4, 0.5) is 11.4 Å². The van der Waals surface area contributed by atoms with Crippen LogP contribution < -0.4 is 9.80 Å². The molecule has 1 aromatic carbocycles. The number of para-hydroxylation sites is 2. The smallest absolute Gasteiger partial charge is 0.310 e. The first kappa shape index (κ1) is 13.4. The van der Waals surface area contributed by atoms with Gasteiger partial charge in [0.2, 0.25) is 5.91 Å². The van der Waals surface area contributed by atoms with Crippen molar-refractivity contribution in [2.24, 2.45) is 5.41 Å². The third kappa shape index (κ3) is 2.41. The molecule has 0 fully saturated rings. The molecule has 5 heteroatoms. The third-order valence-electron chi connectivity index (χ3n) is 3.39. The highest BCUT2D eigenvalue weighted by atomic mass is 16.4. The Bertz CT molecular complexity index is 525. The van der Waals surface area contributed by atoms with Crippen LogP contribution in [0.25, 0.3) is 0 Å². The van der Waals surface area contributed by atoms with Crippen molar-refractivity contribution in [2.45, 2.75) is 13.8 Å². The molecular weight excluding hydrogens is 244 g/mol. The van der Waals surface area contributed by atoms with Gasteiger partial charge in [-0.25, -0.2) is 0 Å². The summed E-state index contributed by atoms with van der Waals surface area (Å²) in [5, 5.41) is 9.21. The lowest BCUT2D eigenvalue weighted by Crippen LogP contribution is -2.49. The van der Waals surface area contributed by atoms with Crippen LogP contribution in [0, 0.1) is 5.41 Å². The van der Waals surface area contributed by atoms with Gasteiger partial charge in [-0.3, -0.25) is 9.59 Å². The molecule has 0 spiro atoms. The maximum Gasteiger partial charge on any atom is 0.310 e. The van der Waals surface area contributed by atoms with E-state index in [9.17, 15) is 14.7 Å². The average molecular weight is 262 g/mol. The highest BCUT2D eigenvalue weighted by molar-refractivity contribution is 6.03. The maximum atomic E-state index is 12.2. The molecule has 0 radical (unpaired) electrons. The van der Waals surface area contributed by atoms with Crippen LogP contribution in [0.1, 0.15) is 13.8 Å². The molecule has 0 saturated heterocycles. The first-order valence-corrected chi connectivity index (χ1v) is 6.17. The number of hydrogen-bond acceptors (Lipinski definition) is 3. The molecule has 2 rings (SSSR count). The molecule has 1 amide bonds. The Hall–Kier alpha value is -2.04. The second-order valence-electron chi connectivity index (χ2n) is 5.51. The van der Waals surface area contributed by atoms with Crippen molar-refractivity contribution in [3.05, 3.63) is 24.3 Å². The van der Waals surface area contributed by atoms with Crippen LogP contribution in [0.5, 0.6) is 0 Å². The third-order valence-corrected chi connectivity index (χ3v) is 3.39. The van der Waals surface area contributed by atoms with E-state index in [1.165, 1.54) is 0 Å². The first-order valence-electron chi connectivity index (χ1n) is 6.17. The molecule has 0 saturated carbocycles. The number of carboxylic acids is 1. The number of fused-ring (bicyclic) bond motifs is 1. The molecule has 102 valence electrons. The van der Waals surface area contributed by atoms with Crippen LogP contribution in [0.15, 0.2) is 24.3 Å². The fourth-order valence-corrected chi connectivity index (χ4v) is 2.16. The molecule has 1 N–H and O–H groups in total. The number of carbonyl (C=O) groups excluding carboxylic acids is 1. The highest BCUT2D eigenvalue weighted by Gasteiger charge is 2.35. The van der Waals surface area contributed by atoms with E-state index in [1.54, 1.807) is 18.7 Å². The molecule has 1 aliphatic rings. The van der Waals surface area contributed by atoms with Crippen LogP contribution in [0.2, 0.25) is 0 Å². The van der Waals surface area contributed by atoms with Gasteiger partial charge in [0, 0.05) is 13.6 Å². The molecule has 0 unspecified atom stereocenters. The number of amides is 1. The van der Waals surface area contributed by atoms with Gasteiger partial charge in [-0.05, 0) is 26.0 Å². The van der Waals surface area contributed by atoms with Crippen LogP contribution in [-0.4, -0.2) is 37.1 Å². The van der Waals surface area contributed by atoms with Crippen molar-refractivity contribution in [1.29, 1.82) is 0 Å². The minimum atomic E-state index is -0.974. The van der Waals surface area contributed by atoms with Gasteiger partial charge in [0.15, 0.2) is 0 Å². The summed E-state index contributed by atoms with van der Waals surface area (Å²) in [4.78, 5) is 26.8. The molecule has 1 heterocycles. The van der Waals surface area contributed by atoms with E-state index < -0.39 is 11.4 Å². The number of likely N-dealkylation sites (N-methyl/N-ethyl adjacent to an activating group) is 1. The number of aliphatic carboxylic acids is 1. The molecular formula is C14H18N2O3. The van der Waals surface area contributed by atoms with Gasteiger partial charge in [-0.15, -0.1) is 0 Å². The first-order chi connectivity index (χ1) is 8.83. The predicted molar refractivity (Wildman–Crippen MR) is 73.5 cm³/mol. The summed E-state index contributed by atoms with van der Waals surface area (Å²) in [6.07, 6.45) is 0. The molecule has 0 aromatic heterocycles. The number of carbonyl (C=O) groups is 2. The maximum absolute atomic E-state index is 12.2. The van der Waals surface area contributed by atoms with Crippen LogP contribution in [-0.2, 0) is 9.59 Å². The van der Waals surface area contributed by atoms with E-state index in [4.69, 9.17) is 0 Å². The van der Waals surface area contributed by atoms with Gasteiger partial charge in [-0.1, -0.05) is 12.1 Å². The van der Waals surface area contributed by atoms with Gasteiger partial charge in [0.25, 0.3) is 0 Å². The predicted octanol–water partition coefficient (Wildman–Crippen LogP) is 1.58. The normalized spacial score (nSPS) is 15.4. The monoisotopic (exact) mass is 262 g/mol. The number of rotatable bonds is 3. The van der Waals surface area contributed by atoms with Gasteiger partial charge in [0.05, 0.1) is 23.3 Å². The quantitative estimate of drug-likeness (QED) is 0.898. The summed E-state index contributed by atoms with van der Waals surface area (Å²) in [7, 11) is 1.86. The molecule has 5 nitrogen and oxygen atoms in total. The average Bonchev–Trinajstić information content (AvgIpc) is 2.34. The minimum Gasteiger partial charge on any atom is -0.481 e. The van der Waals surface area contributed by atoms with E-state index in [1.807, 2.05) is 36.2 Å². The summed E-state index contributed by atoms with van der Waals surface area (Å²) in [6.45, 7) is 3.70. The fraction of sp³-hybridized carbons (Fsp3) is 0.429. The summed E-state index contributed by atoms with van der Waals surface area (Å²) >= 11 is 0. The zero-order valence-corrected chi connectivity index (χ0v) is 11.4. The molecule has 1 aromatic rings. The molecule has 1 aliphatic heterocycles. The van der Waals surface area contributed by atoms with Crippen molar-refractivity contribution in [3.63, 3.8) is 0 Å². The van der Waals surface area contributed by atoms with E-state index >= 15 is 0 Å². The molecule has 0 bridgehead atoms. The number of benzene rings is 1. The van der Waals surface area contributed by atoms with Crippen molar-refractivity contribution in [2.75, 3.05) is 29.9 Å². The van der Waals surface area contributed by atoms with Gasteiger partial charge < -0.3 is 14.9 Å². The van der Waals surface area contributed by atoms with Gasteiger partial charge >= 0.3 is 5.97 Å². The second kappa shape index (κ2) is 4.57. The van der Waals surface area contributed by atoms with Gasteiger partial charge in [0.1, 0.15) is 0 Å². The summed E-state index contributed by atoms with van der Waals surface area (Å²) in [6, 6.07) is 7.54. The van der Waals surface area contributed by atoms with Gasteiger partial charge in [-0.2, -0.15) is 0 Å². The lowest BCUT2D eigenvalue weighted by molar-refractivity contribution is -0.146. The second-order valence-corrected chi connectivity index (χ2v) is 5.51. The molecule has 0 atom stereocenters. The minimum absolute atomic E-state index is 0.0736. The van der Waals surface area contributed by atoms with E-state index in [-0.39, 0.29) is 19.0 Å². The molecule has 0 aliphatic carbocycles. The Labute approximate surface area is 112 Å². The Morgan fingerprint density at radius 2 is 1.89 bits per heavy atom. The van der Waals surface area contributed by atoms with E-state index in [0.29, 0.717) is 0 Å². The topological polar surface area (TPSA) is 60.9 Å². The van der Waals surface area contributed by atoms with Crippen LogP contribution in [0.3, 0.4) is 0 Å². The van der Waals surface area contributed by atoms with Crippen molar-refractivity contribution < 1.29 is 14.7 Å². The number of anilines is 2. The zero-order chi connectivity index (χ0) is 14.2. The Kier molecular flexibility index (Phi) is 3.22. The number of hydrogen-bond donors (Lipinski definition) is 1. The van der Waals surface area contributed by atoms with Crippen molar-refractivity contribution >= 4 is 23.3 Å². The van der Waals surface area contributed by atoms with Crippen molar-refractivity contribution in [3.8, 4) is 0 Å². The van der Waals surface area contributed by atoms with Crippen LogP contribution >= 0.6 is 0 Å². The highest BCUT2D eigenvalue weighted by Crippen LogP contribution is 2.34. The van der Waals surface area contributed by atoms with E-state index in [0.717, 1.165) is 11.4 Å². The summed E-state index contributed by atoms with van der Waals surface area (Å²) in [5.74, 6) is -0.979. The fourth-order valence-electron chi connectivity index (χ4n) is 2.16. The lowest BCUT2D eigenvalue weighted by atomic mass is 9.92. The SMILES string of the molecule is CN1CC(=O)N(CC(C)(C)C(=O)O)c2ccccc21.